The van der Waals surface area contributed by atoms with Gasteiger partial charge in [-0.2, -0.15) is 0 Å². The fourth-order valence-corrected chi connectivity index (χ4v) is 4.27. The van der Waals surface area contributed by atoms with Crippen molar-refractivity contribution in [2.45, 2.75) is 25.7 Å². The zero-order chi connectivity index (χ0) is 28.2. The molecule has 0 spiro atoms. The molecule has 2 amide bonds. The van der Waals surface area contributed by atoms with Crippen molar-refractivity contribution in [3.63, 3.8) is 0 Å². The average Bonchev–Trinajstić information content (AvgIpc) is 3.02. The molecule has 4 aromatic rings. The fraction of sp³-hybridized carbons (Fsp3) is 0.176. The quantitative estimate of drug-likeness (QED) is 0.166. The summed E-state index contributed by atoms with van der Waals surface area (Å²) in [6.45, 7) is 1.12. The predicted octanol–water partition coefficient (Wildman–Crippen LogP) is 5.87. The van der Waals surface area contributed by atoms with Crippen LogP contribution >= 0.6 is 0 Å². The highest BCUT2D eigenvalue weighted by molar-refractivity contribution is 6.10. The number of unbranched alkanes of at least 4 members (excludes halogenated alkanes) is 3. The first-order chi connectivity index (χ1) is 19.5. The van der Waals surface area contributed by atoms with Crippen LogP contribution < -0.4 is 10.6 Å². The average molecular weight is 533 g/mol. The van der Waals surface area contributed by atoms with Crippen LogP contribution in [0.2, 0.25) is 0 Å². The number of carbonyl (C=O) groups excluding carboxylic acids is 4. The van der Waals surface area contributed by atoms with Crippen LogP contribution in [-0.4, -0.2) is 36.5 Å². The molecule has 202 valence electrons. The minimum Gasteiger partial charge on any atom is -0.352 e. The Morgan fingerprint density at radius 2 is 0.675 bits per heavy atom. The maximum absolute atomic E-state index is 12.5. The van der Waals surface area contributed by atoms with Crippen molar-refractivity contribution in [2.24, 2.45) is 0 Å². The summed E-state index contributed by atoms with van der Waals surface area (Å²) in [4.78, 5) is 49.8. The van der Waals surface area contributed by atoms with Crippen molar-refractivity contribution in [2.75, 3.05) is 13.1 Å². The van der Waals surface area contributed by atoms with Gasteiger partial charge in [-0.25, -0.2) is 0 Å². The standard InChI is InChI=1S/C34H32N2O4/c37-31(25-11-5-3-6-12-25)27-15-19-29(20-16-27)33(39)35-23-9-1-2-10-24-36-34(40)30-21-17-28(18-22-30)32(38)26-13-7-4-8-14-26/h3-8,11-22H,1-2,9-10,23-24H2,(H,35,39)(H,36,40). The lowest BCUT2D eigenvalue weighted by molar-refractivity contribution is 0.0943. The van der Waals surface area contributed by atoms with Gasteiger partial charge in [-0.1, -0.05) is 97.8 Å². The van der Waals surface area contributed by atoms with Crippen molar-refractivity contribution in [1.29, 1.82) is 0 Å². The van der Waals surface area contributed by atoms with Gasteiger partial charge in [0.05, 0.1) is 0 Å². The molecule has 6 heteroatoms. The summed E-state index contributed by atoms with van der Waals surface area (Å²) in [6.07, 6.45) is 3.52. The summed E-state index contributed by atoms with van der Waals surface area (Å²) >= 11 is 0. The van der Waals surface area contributed by atoms with Crippen LogP contribution in [0, 0.1) is 0 Å². The molecule has 0 aromatic heterocycles. The van der Waals surface area contributed by atoms with Crippen LogP contribution in [0.4, 0.5) is 0 Å². The normalized spacial score (nSPS) is 10.5. The van der Waals surface area contributed by atoms with E-state index >= 15 is 0 Å². The molecule has 40 heavy (non-hydrogen) atoms. The summed E-state index contributed by atoms with van der Waals surface area (Å²) < 4.78 is 0. The minimum absolute atomic E-state index is 0.0722. The third-order valence-electron chi connectivity index (χ3n) is 6.57. The van der Waals surface area contributed by atoms with Gasteiger partial charge in [0, 0.05) is 46.5 Å². The molecule has 0 aliphatic carbocycles. The zero-order valence-corrected chi connectivity index (χ0v) is 22.3. The van der Waals surface area contributed by atoms with Gasteiger partial charge in [0.1, 0.15) is 0 Å². The zero-order valence-electron chi connectivity index (χ0n) is 22.3. The highest BCUT2D eigenvalue weighted by atomic mass is 16.2. The van der Waals surface area contributed by atoms with E-state index in [0.29, 0.717) is 46.5 Å². The van der Waals surface area contributed by atoms with E-state index in [0.717, 1.165) is 25.7 Å². The number of ketones is 2. The van der Waals surface area contributed by atoms with Crippen LogP contribution in [0.15, 0.2) is 109 Å². The van der Waals surface area contributed by atoms with Gasteiger partial charge in [-0.05, 0) is 37.1 Å². The van der Waals surface area contributed by atoms with Crippen LogP contribution in [0.3, 0.4) is 0 Å². The molecule has 0 unspecified atom stereocenters. The number of hydrogen-bond acceptors (Lipinski definition) is 4. The van der Waals surface area contributed by atoms with Crippen molar-refractivity contribution in [3.8, 4) is 0 Å². The molecule has 2 N–H and O–H groups in total. The van der Waals surface area contributed by atoms with Crippen molar-refractivity contribution >= 4 is 23.4 Å². The fourth-order valence-electron chi connectivity index (χ4n) is 4.27. The van der Waals surface area contributed by atoms with E-state index in [9.17, 15) is 19.2 Å². The Balaban J connectivity index is 1.09. The first-order valence-corrected chi connectivity index (χ1v) is 13.5. The van der Waals surface area contributed by atoms with Crippen molar-refractivity contribution < 1.29 is 19.2 Å². The summed E-state index contributed by atoms with van der Waals surface area (Å²) in [5.41, 5.74) is 3.36. The summed E-state index contributed by atoms with van der Waals surface area (Å²) in [6, 6.07) is 31.5. The number of carbonyl (C=O) groups is 4. The summed E-state index contributed by atoms with van der Waals surface area (Å²) in [7, 11) is 0. The second-order valence-electron chi connectivity index (χ2n) is 9.47. The minimum atomic E-state index is -0.164. The molecule has 0 radical (unpaired) electrons. The van der Waals surface area contributed by atoms with E-state index in [1.165, 1.54) is 0 Å². The smallest absolute Gasteiger partial charge is 0.251 e. The Morgan fingerprint density at radius 1 is 0.375 bits per heavy atom. The Hall–Kier alpha value is -4.84. The Morgan fingerprint density at radius 3 is 1.02 bits per heavy atom. The molecular formula is C34H32N2O4. The molecule has 0 aliphatic heterocycles. The van der Waals surface area contributed by atoms with Crippen molar-refractivity contribution in [1.82, 2.24) is 10.6 Å². The second-order valence-corrected chi connectivity index (χ2v) is 9.47. The first-order valence-electron chi connectivity index (χ1n) is 13.5. The van der Waals surface area contributed by atoms with Gasteiger partial charge < -0.3 is 10.6 Å². The number of nitrogens with one attached hydrogen (secondary N) is 2. The van der Waals surface area contributed by atoms with E-state index in [-0.39, 0.29) is 23.4 Å². The van der Waals surface area contributed by atoms with E-state index in [1.807, 2.05) is 36.4 Å². The summed E-state index contributed by atoms with van der Waals surface area (Å²) in [5.74, 6) is -0.473. The SMILES string of the molecule is O=C(NCCCCCCNC(=O)c1ccc(C(=O)c2ccccc2)cc1)c1ccc(C(=O)c2ccccc2)cc1. The number of rotatable bonds is 13. The second kappa shape index (κ2) is 14.4. The van der Waals surface area contributed by atoms with Gasteiger partial charge in [-0.3, -0.25) is 19.2 Å². The topological polar surface area (TPSA) is 92.3 Å². The van der Waals surface area contributed by atoms with Gasteiger partial charge >= 0.3 is 0 Å². The van der Waals surface area contributed by atoms with Crippen LogP contribution in [0.25, 0.3) is 0 Å². The third-order valence-corrected chi connectivity index (χ3v) is 6.57. The van der Waals surface area contributed by atoms with Gasteiger partial charge in [0.25, 0.3) is 11.8 Å². The Kier molecular flexibility index (Phi) is 10.1. The molecule has 0 heterocycles. The molecule has 6 nitrogen and oxygen atoms in total. The molecule has 0 atom stereocenters. The lowest BCUT2D eigenvalue weighted by atomic mass is 10.0. The van der Waals surface area contributed by atoms with Gasteiger partial charge in [0.15, 0.2) is 11.6 Å². The largest absolute Gasteiger partial charge is 0.352 e. The first kappa shape index (κ1) is 28.2. The Bertz CT molecular complexity index is 1320. The van der Waals surface area contributed by atoms with E-state index in [1.54, 1.807) is 72.8 Å². The molecule has 0 fully saturated rings. The maximum atomic E-state index is 12.5. The molecule has 0 aliphatic rings. The van der Waals surface area contributed by atoms with E-state index in [2.05, 4.69) is 10.6 Å². The molecule has 4 rings (SSSR count). The highest BCUT2D eigenvalue weighted by Crippen LogP contribution is 2.13. The van der Waals surface area contributed by atoms with Gasteiger partial charge in [-0.15, -0.1) is 0 Å². The van der Waals surface area contributed by atoms with E-state index < -0.39 is 0 Å². The molecule has 0 bridgehead atoms. The van der Waals surface area contributed by atoms with Crippen molar-refractivity contribution in [3.05, 3.63) is 143 Å². The van der Waals surface area contributed by atoms with Crippen LogP contribution in [0.1, 0.15) is 78.2 Å². The number of hydrogen-bond donors (Lipinski definition) is 2. The molecule has 0 saturated heterocycles. The highest BCUT2D eigenvalue weighted by Gasteiger charge is 2.12. The number of benzene rings is 4. The molecule has 4 aromatic carbocycles. The molecule has 0 saturated carbocycles. The van der Waals surface area contributed by atoms with Gasteiger partial charge in [0.2, 0.25) is 0 Å². The Labute approximate surface area is 234 Å². The lowest BCUT2D eigenvalue weighted by Gasteiger charge is -2.08. The monoisotopic (exact) mass is 532 g/mol. The number of amides is 2. The third kappa shape index (κ3) is 7.84. The van der Waals surface area contributed by atoms with Crippen LogP contribution in [-0.2, 0) is 0 Å². The molecular weight excluding hydrogens is 500 g/mol. The maximum Gasteiger partial charge on any atom is 0.251 e. The van der Waals surface area contributed by atoms with Crippen LogP contribution in [0.5, 0.6) is 0 Å². The predicted molar refractivity (Wildman–Crippen MR) is 156 cm³/mol. The van der Waals surface area contributed by atoms with E-state index in [4.69, 9.17) is 0 Å². The summed E-state index contributed by atoms with van der Waals surface area (Å²) in [5, 5.41) is 5.83. The lowest BCUT2D eigenvalue weighted by Crippen LogP contribution is -2.25.